The van der Waals surface area contributed by atoms with E-state index in [1.54, 1.807) is 0 Å². The highest BCUT2D eigenvalue weighted by Gasteiger charge is 2.49. The minimum absolute atomic E-state index is 0.0475. The molecule has 1 fully saturated rings. The molecule has 0 aliphatic carbocycles. The number of aliphatic hydroxyl groups is 1. The Kier molecular flexibility index (Phi) is 16.3. The van der Waals surface area contributed by atoms with Crippen molar-refractivity contribution in [2.45, 2.75) is 91.0 Å². The first kappa shape index (κ1) is 37.9. The third kappa shape index (κ3) is 13.4. The van der Waals surface area contributed by atoms with Crippen molar-refractivity contribution in [1.29, 1.82) is 0 Å². The van der Waals surface area contributed by atoms with Crippen LogP contribution in [0.2, 0.25) is 0 Å². The molecule has 6 nitrogen and oxygen atoms in total. The number of allylic oxidation sites excluding steroid dienone is 1. The lowest BCUT2D eigenvalue weighted by Gasteiger charge is -2.35. The monoisotopic (exact) mass is 624 g/mol. The number of hydrogen-bond donors (Lipinski definition) is 1. The summed E-state index contributed by atoms with van der Waals surface area (Å²) in [5, 5.41) is 9.68. The SMILES string of the molecule is C/C(OS(=O)(=O)C(F)(F)F)=C1/CC[C@@H](c2ccccc2)O[C@H]1C(C)C.CC#CCCC(O)c1ccccc1.CC(C)C=O. The first-order valence-corrected chi connectivity index (χ1v) is 15.5. The second-order valence-electron chi connectivity index (χ2n) is 10.6. The van der Waals surface area contributed by atoms with Crippen LogP contribution in [0.5, 0.6) is 0 Å². The quantitative estimate of drug-likeness (QED) is 0.105. The number of hydrogen-bond acceptors (Lipinski definition) is 6. The number of ether oxygens (including phenoxy) is 1. The molecule has 0 bridgehead atoms. The summed E-state index contributed by atoms with van der Waals surface area (Å²) in [7, 11) is -5.67. The summed E-state index contributed by atoms with van der Waals surface area (Å²) in [6, 6.07) is 19.2. The molecule has 2 aromatic carbocycles. The molecule has 238 valence electrons. The van der Waals surface area contributed by atoms with Crippen molar-refractivity contribution in [2.75, 3.05) is 0 Å². The van der Waals surface area contributed by atoms with Gasteiger partial charge in [-0.1, -0.05) is 88.4 Å². The molecule has 3 rings (SSSR count). The molecule has 2 aromatic rings. The fourth-order valence-corrected chi connectivity index (χ4v) is 4.58. The molecule has 1 N–H and O–H groups in total. The number of carbonyl (C=O) groups excluding carboxylic acids is 1. The molecule has 0 radical (unpaired) electrons. The van der Waals surface area contributed by atoms with Crippen LogP contribution in [-0.2, 0) is 23.8 Å². The van der Waals surface area contributed by atoms with Crippen molar-refractivity contribution >= 4 is 16.4 Å². The van der Waals surface area contributed by atoms with E-state index < -0.39 is 21.7 Å². The fourth-order valence-electron chi connectivity index (χ4n) is 4.05. The van der Waals surface area contributed by atoms with Crippen LogP contribution in [0.15, 0.2) is 72.0 Å². The molecular formula is C33H43F3O6S. The van der Waals surface area contributed by atoms with Crippen molar-refractivity contribution in [3.05, 3.63) is 83.1 Å². The van der Waals surface area contributed by atoms with Gasteiger partial charge >= 0.3 is 15.6 Å². The van der Waals surface area contributed by atoms with Crippen LogP contribution >= 0.6 is 0 Å². The molecule has 1 saturated heterocycles. The summed E-state index contributed by atoms with van der Waals surface area (Å²) >= 11 is 0. The van der Waals surface area contributed by atoms with Crippen LogP contribution in [0.3, 0.4) is 0 Å². The van der Waals surface area contributed by atoms with Gasteiger partial charge in [0.1, 0.15) is 12.0 Å². The molecule has 1 heterocycles. The highest BCUT2D eigenvalue weighted by molar-refractivity contribution is 7.87. The van der Waals surface area contributed by atoms with Gasteiger partial charge in [-0.2, -0.15) is 21.6 Å². The van der Waals surface area contributed by atoms with Crippen LogP contribution in [-0.4, -0.2) is 31.4 Å². The van der Waals surface area contributed by atoms with Crippen LogP contribution in [0, 0.1) is 23.7 Å². The maximum atomic E-state index is 12.5. The van der Waals surface area contributed by atoms with Gasteiger partial charge in [0.05, 0.1) is 18.3 Å². The predicted molar refractivity (Wildman–Crippen MR) is 162 cm³/mol. The van der Waals surface area contributed by atoms with Gasteiger partial charge in [0.2, 0.25) is 0 Å². The van der Waals surface area contributed by atoms with Gasteiger partial charge in [-0.25, -0.2) is 0 Å². The molecule has 0 aromatic heterocycles. The standard InChI is InChI=1S/C17H21F3O4S.C12H14O.C4H8O/c1-11(2)16-14(12(3)24-25(21,22)17(18,19)20)9-10-15(23-16)13-7-5-4-6-8-13;1-2-3-5-10-12(13)11-8-6-4-7-9-11;1-4(2)3-5/h4-8,11,15-16H,9-10H2,1-3H3;4,6-9,12-13H,5,10H2,1H3;3-4H,1-2H3/b14-12+;;/t15-,16-;;/m0../s1. The van der Waals surface area contributed by atoms with Gasteiger partial charge in [0.25, 0.3) is 0 Å². The number of aldehydes is 1. The number of benzene rings is 2. The lowest BCUT2D eigenvalue weighted by molar-refractivity contribution is -0.110. The molecule has 1 aliphatic rings. The van der Waals surface area contributed by atoms with E-state index in [1.165, 1.54) is 6.92 Å². The summed E-state index contributed by atoms with van der Waals surface area (Å²) < 4.78 is 70.5. The first-order chi connectivity index (χ1) is 20.1. The summed E-state index contributed by atoms with van der Waals surface area (Å²) in [5.41, 5.74) is -3.05. The summed E-state index contributed by atoms with van der Waals surface area (Å²) in [6.45, 7) is 10.5. The van der Waals surface area contributed by atoms with Crippen molar-refractivity contribution in [3.8, 4) is 11.8 Å². The van der Waals surface area contributed by atoms with Crippen LogP contribution in [0.4, 0.5) is 13.2 Å². The molecular weight excluding hydrogens is 581 g/mol. The lowest BCUT2D eigenvalue weighted by Crippen LogP contribution is -2.32. The zero-order chi connectivity index (χ0) is 32.6. The third-order valence-corrected chi connectivity index (χ3v) is 7.29. The van der Waals surface area contributed by atoms with E-state index in [0.29, 0.717) is 24.8 Å². The van der Waals surface area contributed by atoms with Gasteiger partial charge in [0, 0.05) is 12.3 Å². The van der Waals surface area contributed by atoms with Gasteiger partial charge in [-0.3, -0.25) is 0 Å². The van der Waals surface area contributed by atoms with Crippen molar-refractivity contribution in [3.63, 3.8) is 0 Å². The molecule has 1 aliphatic heterocycles. The van der Waals surface area contributed by atoms with E-state index in [4.69, 9.17) is 4.74 Å². The fraction of sp³-hybridized carbons (Fsp3) is 0.485. The van der Waals surface area contributed by atoms with Crippen molar-refractivity contribution in [2.24, 2.45) is 11.8 Å². The second kappa shape index (κ2) is 18.5. The van der Waals surface area contributed by atoms with E-state index in [2.05, 4.69) is 16.0 Å². The Morgan fingerprint density at radius 1 is 1.07 bits per heavy atom. The smallest absolute Gasteiger partial charge is 0.388 e. The van der Waals surface area contributed by atoms with Gasteiger partial charge in [-0.15, -0.1) is 11.8 Å². The van der Waals surface area contributed by atoms with Gasteiger partial charge < -0.3 is 18.8 Å². The Morgan fingerprint density at radius 2 is 1.60 bits per heavy atom. The molecule has 3 atom stereocenters. The molecule has 10 heteroatoms. The molecule has 43 heavy (non-hydrogen) atoms. The van der Waals surface area contributed by atoms with Gasteiger partial charge in [0.15, 0.2) is 0 Å². The van der Waals surface area contributed by atoms with E-state index in [0.717, 1.165) is 23.8 Å². The Hall–Kier alpha value is -3.13. The number of aliphatic hydroxyl groups excluding tert-OH is 1. The maximum absolute atomic E-state index is 12.5. The van der Waals surface area contributed by atoms with E-state index in [9.17, 15) is 31.5 Å². The van der Waals surface area contributed by atoms with Crippen molar-refractivity contribution in [1.82, 2.24) is 0 Å². The van der Waals surface area contributed by atoms with Crippen LogP contribution in [0.25, 0.3) is 0 Å². The maximum Gasteiger partial charge on any atom is 0.534 e. The topological polar surface area (TPSA) is 89.9 Å². The zero-order valence-corrected chi connectivity index (χ0v) is 26.4. The third-order valence-electron chi connectivity index (χ3n) is 6.25. The predicted octanol–water partition coefficient (Wildman–Crippen LogP) is 8.07. The average molecular weight is 625 g/mol. The highest BCUT2D eigenvalue weighted by atomic mass is 32.2. The lowest BCUT2D eigenvalue weighted by atomic mass is 9.88. The van der Waals surface area contributed by atoms with Crippen LogP contribution < -0.4 is 0 Å². The van der Waals surface area contributed by atoms with E-state index >= 15 is 0 Å². The number of carbonyl (C=O) groups is 1. The minimum Gasteiger partial charge on any atom is -0.388 e. The normalized spacial score (nSPS) is 18.6. The van der Waals surface area contributed by atoms with Gasteiger partial charge in [-0.05, 0) is 55.7 Å². The number of halogens is 3. The summed E-state index contributed by atoms with van der Waals surface area (Å²) in [6.07, 6.45) is 2.25. The summed E-state index contributed by atoms with van der Waals surface area (Å²) in [5.74, 6) is 5.65. The second-order valence-corrected chi connectivity index (χ2v) is 12.1. The van der Waals surface area contributed by atoms with E-state index in [-0.39, 0.29) is 29.8 Å². The Balaban J connectivity index is 0.000000426. The highest BCUT2D eigenvalue weighted by Crippen LogP contribution is 2.39. The zero-order valence-electron chi connectivity index (χ0n) is 25.6. The molecule has 0 saturated carbocycles. The molecule has 0 spiro atoms. The average Bonchev–Trinajstić information content (AvgIpc) is 2.97. The summed E-state index contributed by atoms with van der Waals surface area (Å²) in [4.78, 5) is 9.50. The molecule has 0 amide bonds. The Bertz CT molecular complexity index is 1290. The number of alkyl halides is 3. The van der Waals surface area contributed by atoms with Crippen LogP contribution in [0.1, 0.15) is 90.6 Å². The van der Waals surface area contributed by atoms with E-state index in [1.807, 2.05) is 95.3 Å². The van der Waals surface area contributed by atoms with Crippen molar-refractivity contribution < 1.29 is 40.4 Å². The minimum atomic E-state index is -5.67. The first-order valence-electron chi connectivity index (χ1n) is 14.1. The largest absolute Gasteiger partial charge is 0.534 e. The Labute approximate surface area is 254 Å². The number of rotatable bonds is 8. The molecule has 1 unspecified atom stereocenters. The Morgan fingerprint density at radius 3 is 2.07 bits per heavy atom.